The minimum absolute atomic E-state index is 0.205. The van der Waals surface area contributed by atoms with Crippen molar-refractivity contribution in [2.45, 2.75) is 18.7 Å². The Hall–Kier alpha value is -1.00. The van der Waals surface area contributed by atoms with Crippen LogP contribution in [0.4, 0.5) is 0 Å². The van der Waals surface area contributed by atoms with Gasteiger partial charge >= 0.3 is 5.97 Å². The Morgan fingerprint density at radius 3 is 2.75 bits per heavy atom. The standard InChI is InChI=1S/C12H17NO2S/c1-2-15-12(14)11(13)9-16-8-10-6-4-3-5-7-10/h3-7,11H,2,8-9,13H2,1H3/p+1/t11-/m0/s1. The van der Waals surface area contributed by atoms with Gasteiger partial charge in [-0.3, -0.25) is 0 Å². The molecule has 0 saturated heterocycles. The van der Waals surface area contributed by atoms with Gasteiger partial charge < -0.3 is 10.5 Å². The third kappa shape index (κ3) is 4.68. The van der Waals surface area contributed by atoms with Crippen LogP contribution in [0.3, 0.4) is 0 Å². The second kappa shape index (κ2) is 7.30. The minimum Gasteiger partial charge on any atom is -0.462 e. The lowest BCUT2D eigenvalue weighted by Gasteiger charge is -2.07. The summed E-state index contributed by atoms with van der Waals surface area (Å²) in [6.45, 7) is 2.23. The van der Waals surface area contributed by atoms with Crippen molar-refractivity contribution in [2.75, 3.05) is 12.4 Å². The maximum Gasteiger partial charge on any atom is 0.365 e. The van der Waals surface area contributed by atoms with Crippen LogP contribution in [0.5, 0.6) is 0 Å². The molecule has 1 aromatic carbocycles. The monoisotopic (exact) mass is 240 g/mol. The van der Waals surface area contributed by atoms with Gasteiger partial charge in [-0.1, -0.05) is 30.3 Å². The van der Waals surface area contributed by atoms with E-state index in [9.17, 15) is 4.79 Å². The lowest BCUT2D eigenvalue weighted by atomic mass is 10.2. The Morgan fingerprint density at radius 1 is 1.44 bits per heavy atom. The van der Waals surface area contributed by atoms with E-state index in [1.807, 2.05) is 25.1 Å². The molecule has 0 aromatic heterocycles. The summed E-state index contributed by atoms with van der Waals surface area (Å²) in [5.41, 5.74) is 5.06. The number of ether oxygens (including phenoxy) is 1. The van der Waals surface area contributed by atoms with Crippen LogP contribution in [0.2, 0.25) is 0 Å². The van der Waals surface area contributed by atoms with Gasteiger partial charge in [-0.15, -0.1) is 0 Å². The van der Waals surface area contributed by atoms with Crippen LogP contribution in [0.1, 0.15) is 12.5 Å². The summed E-state index contributed by atoms with van der Waals surface area (Å²) in [6.07, 6.45) is 0. The van der Waals surface area contributed by atoms with Crippen molar-refractivity contribution in [3.05, 3.63) is 35.9 Å². The zero-order chi connectivity index (χ0) is 11.8. The van der Waals surface area contributed by atoms with Gasteiger partial charge in [0, 0.05) is 5.75 Å². The lowest BCUT2D eigenvalue weighted by molar-refractivity contribution is -0.401. The molecule has 3 N–H and O–H groups in total. The SMILES string of the molecule is CCOC(=O)[C@@H]([NH3+])CSCc1ccccc1. The van der Waals surface area contributed by atoms with Gasteiger partial charge in [-0.2, -0.15) is 11.8 Å². The zero-order valence-corrected chi connectivity index (χ0v) is 10.3. The van der Waals surface area contributed by atoms with Crippen LogP contribution < -0.4 is 5.73 Å². The van der Waals surface area contributed by atoms with Crippen LogP contribution in [-0.2, 0) is 15.3 Å². The van der Waals surface area contributed by atoms with Crippen molar-refractivity contribution in [3.8, 4) is 0 Å². The first kappa shape index (κ1) is 13.1. The molecule has 0 bridgehead atoms. The second-order valence-corrected chi connectivity index (χ2v) is 4.48. The molecule has 0 aliphatic carbocycles. The summed E-state index contributed by atoms with van der Waals surface area (Å²) >= 11 is 1.71. The molecular formula is C12H18NO2S+. The van der Waals surface area contributed by atoms with Gasteiger partial charge in [0.1, 0.15) is 0 Å². The highest BCUT2D eigenvalue weighted by molar-refractivity contribution is 7.98. The first-order valence-electron chi connectivity index (χ1n) is 5.35. The fourth-order valence-corrected chi connectivity index (χ4v) is 2.19. The molecular weight excluding hydrogens is 222 g/mol. The molecule has 1 aromatic rings. The smallest absolute Gasteiger partial charge is 0.365 e. The van der Waals surface area contributed by atoms with Crippen LogP contribution in [0, 0.1) is 0 Å². The van der Waals surface area contributed by atoms with Crippen molar-refractivity contribution in [3.63, 3.8) is 0 Å². The fraction of sp³-hybridized carbons (Fsp3) is 0.417. The van der Waals surface area contributed by atoms with E-state index in [0.717, 1.165) is 5.75 Å². The predicted molar refractivity (Wildman–Crippen MR) is 65.9 cm³/mol. The van der Waals surface area contributed by atoms with Gasteiger partial charge in [0.05, 0.1) is 12.4 Å². The van der Waals surface area contributed by atoms with E-state index < -0.39 is 0 Å². The highest BCUT2D eigenvalue weighted by Crippen LogP contribution is 2.12. The summed E-state index contributed by atoms with van der Waals surface area (Å²) in [5, 5.41) is 0. The molecule has 0 unspecified atom stereocenters. The van der Waals surface area contributed by atoms with Gasteiger partial charge in [0.2, 0.25) is 0 Å². The lowest BCUT2D eigenvalue weighted by Crippen LogP contribution is -2.66. The summed E-state index contributed by atoms with van der Waals surface area (Å²) in [7, 11) is 0. The van der Waals surface area contributed by atoms with E-state index in [1.54, 1.807) is 11.8 Å². The van der Waals surface area contributed by atoms with E-state index >= 15 is 0 Å². The molecule has 1 atom stereocenters. The number of hydrogen-bond donors (Lipinski definition) is 1. The molecule has 0 aliphatic rings. The number of esters is 1. The summed E-state index contributed by atoms with van der Waals surface area (Å²) in [6, 6.07) is 9.92. The number of quaternary nitrogens is 1. The third-order valence-corrected chi connectivity index (χ3v) is 3.23. The summed E-state index contributed by atoms with van der Waals surface area (Å²) < 4.78 is 4.89. The van der Waals surface area contributed by atoms with Crippen molar-refractivity contribution in [2.24, 2.45) is 0 Å². The number of rotatable bonds is 6. The van der Waals surface area contributed by atoms with Crippen LogP contribution >= 0.6 is 11.8 Å². The molecule has 0 aliphatic heterocycles. The van der Waals surface area contributed by atoms with E-state index in [1.165, 1.54) is 5.56 Å². The van der Waals surface area contributed by atoms with Crippen LogP contribution in [-0.4, -0.2) is 24.4 Å². The molecule has 4 heteroatoms. The van der Waals surface area contributed by atoms with E-state index in [0.29, 0.717) is 12.4 Å². The molecule has 0 spiro atoms. The van der Waals surface area contributed by atoms with Gasteiger partial charge in [0.25, 0.3) is 0 Å². The minimum atomic E-state index is -0.270. The summed E-state index contributed by atoms with van der Waals surface area (Å²) in [4.78, 5) is 11.3. The number of carbonyl (C=O) groups excluding carboxylic acids is 1. The molecule has 0 heterocycles. The molecule has 0 fully saturated rings. The number of thioether (sulfide) groups is 1. The first-order chi connectivity index (χ1) is 7.74. The topological polar surface area (TPSA) is 53.9 Å². The molecule has 0 amide bonds. The molecule has 0 radical (unpaired) electrons. The number of benzene rings is 1. The van der Waals surface area contributed by atoms with E-state index in [-0.39, 0.29) is 12.0 Å². The second-order valence-electron chi connectivity index (χ2n) is 3.45. The zero-order valence-electron chi connectivity index (χ0n) is 9.52. The Balaban J connectivity index is 2.23. The van der Waals surface area contributed by atoms with E-state index in [2.05, 4.69) is 17.9 Å². The van der Waals surface area contributed by atoms with Gasteiger partial charge in [0.15, 0.2) is 6.04 Å². The van der Waals surface area contributed by atoms with Gasteiger partial charge in [-0.25, -0.2) is 4.79 Å². The highest BCUT2D eigenvalue weighted by atomic mass is 32.2. The number of hydrogen-bond acceptors (Lipinski definition) is 3. The Labute approximate surface area is 100 Å². The van der Waals surface area contributed by atoms with Gasteiger partial charge in [-0.05, 0) is 12.5 Å². The molecule has 3 nitrogen and oxygen atoms in total. The van der Waals surface area contributed by atoms with Crippen LogP contribution in [0.25, 0.3) is 0 Å². The Morgan fingerprint density at radius 2 is 2.12 bits per heavy atom. The molecule has 88 valence electrons. The van der Waals surface area contributed by atoms with Crippen molar-refractivity contribution in [1.29, 1.82) is 0 Å². The summed E-state index contributed by atoms with van der Waals surface area (Å²) in [5.74, 6) is 1.41. The Bertz CT molecular complexity index is 316. The van der Waals surface area contributed by atoms with Crippen molar-refractivity contribution >= 4 is 17.7 Å². The highest BCUT2D eigenvalue weighted by Gasteiger charge is 2.17. The quantitative estimate of drug-likeness (QED) is 0.757. The third-order valence-electron chi connectivity index (χ3n) is 2.05. The first-order valence-corrected chi connectivity index (χ1v) is 6.51. The van der Waals surface area contributed by atoms with E-state index in [4.69, 9.17) is 4.74 Å². The Kier molecular flexibility index (Phi) is 5.96. The average Bonchev–Trinajstić information content (AvgIpc) is 2.30. The van der Waals surface area contributed by atoms with Crippen LogP contribution in [0.15, 0.2) is 30.3 Å². The van der Waals surface area contributed by atoms with Crippen molar-refractivity contribution < 1.29 is 15.3 Å². The maximum absolute atomic E-state index is 11.3. The normalized spacial score (nSPS) is 12.1. The fourth-order valence-electron chi connectivity index (χ4n) is 1.22. The maximum atomic E-state index is 11.3. The van der Waals surface area contributed by atoms with Crippen molar-refractivity contribution in [1.82, 2.24) is 0 Å². The number of carbonyl (C=O) groups is 1. The largest absolute Gasteiger partial charge is 0.462 e. The molecule has 16 heavy (non-hydrogen) atoms. The molecule has 0 saturated carbocycles. The predicted octanol–water partition coefficient (Wildman–Crippen LogP) is 1.09. The average molecular weight is 240 g/mol. The molecule has 1 rings (SSSR count).